The molecule has 84 valence electrons. The zero-order chi connectivity index (χ0) is 12.0. The molecule has 16 heavy (non-hydrogen) atoms. The monoisotopic (exact) mass is 218 g/mol. The number of hydrogen-bond acceptors (Lipinski definition) is 3. The molecule has 1 aromatic rings. The number of para-hydroxylation sites is 1. The molecule has 0 saturated heterocycles. The standard InChI is InChI=1S/C13H14O3/c1-4-12(16-13(14)10(2)3)15-11-8-6-5-7-9-11/h4-9,12H,1-2H2,3H3. The minimum atomic E-state index is -0.799. The number of carbonyl (C=O) groups is 1. The Balaban J connectivity index is 2.60. The van der Waals surface area contributed by atoms with Crippen LogP contribution in [-0.4, -0.2) is 12.3 Å². The first-order valence-corrected chi connectivity index (χ1v) is 4.84. The van der Waals surface area contributed by atoms with Crippen molar-refractivity contribution in [2.45, 2.75) is 13.2 Å². The molecule has 1 atom stereocenters. The lowest BCUT2D eigenvalue weighted by Crippen LogP contribution is -2.22. The molecule has 1 unspecified atom stereocenters. The van der Waals surface area contributed by atoms with Gasteiger partial charge in [0.1, 0.15) is 5.75 Å². The summed E-state index contributed by atoms with van der Waals surface area (Å²) in [7, 11) is 0. The lowest BCUT2D eigenvalue weighted by molar-refractivity contribution is -0.152. The molecule has 3 heteroatoms. The van der Waals surface area contributed by atoms with E-state index in [0.29, 0.717) is 11.3 Å². The second-order valence-electron chi connectivity index (χ2n) is 3.22. The molecule has 0 N–H and O–H groups in total. The van der Waals surface area contributed by atoms with E-state index in [1.54, 1.807) is 19.1 Å². The maximum Gasteiger partial charge on any atom is 0.336 e. The number of esters is 1. The zero-order valence-electron chi connectivity index (χ0n) is 9.18. The molecule has 0 aliphatic carbocycles. The summed E-state index contributed by atoms with van der Waals surface area (Å²) >= 11 is 0. The van der Waals surface area contributed by atoms with Gasteiger partial charge in [-0.25, -0.2) is 4.79 Å². The number of rotatable bonds is 5. The third-order valence-corrected chi connectivity index (χ3v) is 1.76. The van der Waals surface area contributed by atoms with Gasteiger partial charge < -0.3 is 9.47 Å². The predicted molar refractivity (Wildman–Crippen MR) is 62.0 cm³/mol. The molecule has 0 fully saturated rings. The van der Waals surface area contributed by atoms with Gasteiger partial charge in [0.2, 0.25) is 0 Å². The van der Waals surface area contributed by atoms with Gasteiger partial charge in [0, 0.05) is 5.57 Å². The molecule has 0 amide bonds. The van der Waals surface area contributed by atoms with Crippen LogP contribution in [0.15, 0.2) is 55.1 Å². The van der Waals surface area contributed by atoms with Crippen LogP contribution in [0.3, 0.4) is 0 Å². The summed E-state index contributed by atoms with van der Waals surface area (Å²) in [6.45, 7) is 8.60. The van der Waals surface area contributed by atoms with E-state index < -0.39 is 12.3 Å². The van der Waals surface area contributed by atoms with Gasteiger partial charge in [0.25, 0.3) is 6.29 Å². The summed E-state index contributed by atoms with van der Waals surface area (Å²) in [6.07, 6.45) is 0.611. The Morgan fingerprint density at radius 2 is 2.00 bits per heavy atom. The molecular weight excluding hydrogens is 204 g/mol. The zero-order valence-corrected chi connectivity index (χ0v) is 9.18. The third kappa shape index (κ3) is 3.61. The van der Waals surface area contributed by atoms with Crippen LogP contribution in [0, 0.1) is 0 Å². The van der Waals surface area contributed by atoms with Gasteiger partial charge >= 0.3 is 5.97 Å². The van der Waals surface area contributed by atoms with E-state index in [4.69, 9.17) is 9.47 Å². The Morgan fingerprint density at radius 1 is 1.38 bits per heavy atom. The van der Waals surface area contributed by atoms with E-state index in [2.05, 4.69) is 13.2 Å². The van der Waals surface area contributed by atoms with Crippen molar-refractivity contribution < 1.29 is 14.3 Å². The van der Waals surface area contributed by atoms with E-state index in [1.165, 1.54) is 6.08 Å². The van der Waals surface area contributed by atoms with Gasteiger partial charge in [-0.3, -0.25) is 0 Å². The van der Waals surface area contributed by atoms with Gasteiger partial charge in [-0.2, -0.15) is 0 Å². The normalized spacial score (nSPS) is 11.3. The largest absolute Gasteiger partial charge is 0.451 e. The van der Waals surface area contributed by atoms with Crippen LogP contribution in [0.5, 0.6) is 5.75 Å². The molecule has 0 aromatic heterocycles. The van der Waals surface area contributed by atoms with E-state index in [1.807, 2.05) is 18.2 Å². The van der Waals surface area contributed by atoms with Crippen LogP contribution >= 0.6 is 0 Å². The number of hydrogen-bond donors (Lipinski definition) is 0. The second-order valence-corrected chi connectivity index (χ2v) is 3.22. The molecule has 0 saturated carbocycles. The Kier molecular flexibility index (Phi) is 4.33. The van der Waals surface area contributed by atoms with Crippen molar-refractivity contribution in [3.05, 3.63) is 55.1 Å². The van der Waals surface area contributed by atoms with Gasteiger partial charge in [0.05, 0.1) is 0 Å². The van der Waals surface area contributed by atoms with E-state index in [-0.39, 0.29) is 0 Å². The van der Waals surface area contributed by atoms with Gasteiger partial charge in [0.15, 0.2) is 0 Å². The Morgan fingerprint density at radius 3 is 2.50 bits per heavy atom. The summed E-state index contributed by atoms with van der Waals surface area (Å²) in [5.74, 6) is 0.114. The molecule has 0 heterocycles. The maximum absolute atomic E-state index is 11.3. The van der Waals surface area contributed by atoms with Crippen molar-refractivity contribution in [1.29, 1.82) is 0 Å². The highest BCUT2D eigenvalue weighted by Gasteiger charge is 2.12. The summed E-state index contributed by atoms with van der Waals surface area (Å²) in [6, 6.07) is 9.07. The Labute approximate surface area is 95.0 Å². The van der Waals surface area contributed by atoms with Crippen LogP contribution in [0.4, 0.5) is 0 Å². The summed E-state index contributed by atoms with van der Waals surface area (Å²) in [5.41, 5.74) is 0.323. The molecule has 0 aliphatic rings. The van der Waals surface area contributed by atoms with Gasteiger partial charge in [-0.05, 0) is 25.1 Å². The van der Waals surface area contributed by atoms with Crippen LogP contribution in [0.1, 0.15) is 6.92 Å². The fraction of sp³-hybridized carbons (Fsp3) is 0.154. The van der Waals surface area contributed by atoms with Crippen molar-refractivity contribution in [3.63, 3.8) is 0 Å². The van der Waals surface area contributed by atoms with E-state index in [0.717, 1.165) is 0 Å². The quantitative estimate of drug-likeness (QED) is 0.330. The van der Waals surface area contributed by atoms with E-state index in [9.17, 15) is 4.79 Å². The molecule has 0 radical (unpaired) electrons. The van der Waals surface area contributed by atoms with Gasteiger partial charge in [-0.15, -0.1) is 0 Å². The lowest BCUT2D eigenvalue weighted by atomic mass is 10.3. The SMILES string of the molecule is C=CC(OC(=O)C(=C)C)Oc1ccccc1. The van der Waals surface area contributed by atoms with Crippen molar-refractivity contribution in [1.82, 2.24) is 0 Å². The van der Waals surface area contributed by atoms with Crippen molar-refractivity contribution in [2.75, 3.05) is 0 Å². The smallest absolute Gasteiger partial charge is 0.336 e. The van der Waals surface area contributed by atoms with Gasteiger partial charge in [-0.1, -0.05) is 31.4 Å². The molecule has 0 bridgehead atoms. The summed E-state index contributed by atoms with van der Waals surface area (Å²) in [4.78, 5) is 11.3. The topological polar surface area (TPSA) is 35.5 Å². The summed E-state index contributed by atoms with van der Waals surface area (Å²) < 4.78 is 10.4. The number of carbonyl (C=O) groups excluding carboxylic acids is 1. The minimum absolute atomic E-state index is 0.323. The van der Waals surface area contributed by atoms with Crippen LogP contribution in [0.25, 0.3) is 0 Å². The van der Waals surface area contributed by atoms with Crippen LogP contribution in [0.2, 0.25) is 0 Å². The lowest BCUT2D eigenvalue weighted by Gasteiger charge is -2.15. The highest BCUT2D eigenvalue weighted by molar-refractivity contribution is 5.87. The average molecular weight is 218 g/mol. The highest BCUT2D eigenvalue weighted by atomic mass is 16.7. The first kappa shape index (κ1) is 12.0. The Bertz CT molecular complexity index is 381. The molecule has 3 nitrogen and oxygen atoms in total. The first-order valence-electron chi connectivity index (χ1n) is 4.84. The maximum atomic E-state index is 11.3. The third-order valence-electron chi connectivity index (χ3n) is 1.76. The number of ether oxygens (including phenoxy) is 2. The molecule has 0 aliphatic heterocycles. The highest BCUT2D eigenvalue weighted by Crippen LogP contribution is 2.12. The first-order chi connectivity index (χ1) is 7.63. The van der Waals surface area contributed by atoms with Crippen molar-refractivity contribution in [2.24, 2.45) is 0 Å². The molecular formula is C13H14O3. The van der Waals surface area contributed by atoms with Crippen molar-refractivity contribution >= 4 is 5.97 Å². The van der Waals surface area contributed by atoms with Crippen LogP contribution < -0.4 is 4.74 Å². The average Bonchev–Trinajstić information content (AvgIpc) is 2.29. The van der Waals surface area contributed by atoms with E-state index >= 15 is 0 Å². The van der Waals surface area contributed by atoms with Crippen molar-refractivity contribution in [3.8, 4) is 5.75 Å². The summed E-state index contributed by atoms with van der Waals surface area (Å²) in [5, 5.41) is 0. The fourth-order valence-electron chi connectivity index (χ4n) is 0.960. The minimum Gasteiger partial charge on any atom is -0.451 e. The Hall–Kier alpha value is -2.03. The predicted octanol–water partition coefficient (Wildman–Crippen LogP) is 2.70. The molecule has 1 aromatic carbocycles. The molecule has 1 rings (SSSR count). The number of benzene rings is 1. The second kappa shape index (κ2) is 5.75. The molecule has 0 spiro atoms. The fourth-order valence-corrected chi connectivity index (χ4v) is 0.960. The van der Waals surface area contributed by atoms with Crippen LogP contribution in [-0.2, 0) is 9.53 Å².